The summed E-state index contributed by atoms with van der Waals surface area (Å²) in [6.07, 6.45) is 19.0. The molecule has 5 nitrogen and oxygen atoms in total. The highest BCUT2D eigenvalue weighted by molar-refractivity contribution is 5.27. The first-order valence-electron chi connectivity index (χ1n) is 14.3. The number of piperazine rings is 1. The molecule has 3 rings (SSSR count). The van der Waals surface area contributed by atoms with Crippen molar-refractivity contribution in [2.45, 2.75) is 110 Å². The largest absolute Gasteiger partial charge is 0.475 e. The van der Waals surface area contributed by atoms with Gasteiger partial charge < -0.3 is 9.64 Å². The normalized spacial score (nSPS) is 17.3. The van der Waals surface area contributed by atoms with Crippen molar-refractivity contribution in [1.29, 1.82) is 0 Å². The van der Waals surface area contributed by atoms with Crippen LogP contribution in [0.1, 0.15) is 108 Å². The van der Waals surface area contributed by atoms with Crippen LogP contribution in [0.5, 0.6) is 5.88 Å². The van der Waals surface area contributed by atoms with E-state index < -0.39 is 0 Å². The van der Waals surface area contributed by atoms with E-state index in [4.69, 9.17) is 14.7 Å². The summed E-state index contributed by atoms with van der Waals surface area (Å²) in [6.45, 7) is 12.3. The molecule has 1 aromatic rings. The standard InChI is InChI=1S/C28H50N4O/c1-3-5-7-8-9-10-11-12-17-27-28(30-26-16-14-13-15-25(26)29-27)33-24-23-32-21-19-31(20-22-32)18-6-4-2/h3-24H2,1-2H3. The molecule has 1 saturated heterocycles. The third-order valence-electron chi connectivity index (χ3n) is 7.37. The summed E-state index contributed by atoms with van der Waals surface area (Å²) in [7, 11) is 0. The van der Waals surface area contributed by atoms with Crippen LogP contribution in [0.15, 0.2) is 0 Å². The molecule has 0 amide bonds. The zero-order valence-electron chi connectivity index (χ0n) is 21.8. The number of hydrogen-bond donors (Lipinski definition) is 0. The zero-order chi connectivity index (χ0) is 23.1. The van der Waals surface area contributed by atoms with Gasteiger partial charge in [-0.1, -0.05) is 65.2 Å². The van der Waals surface area contributed by atoms with E-state index in [2.05, 4.69) is 23.6 Å². The summed E-state index contributed by atoms with van der Waals surface area (Å²) in [5.74, 6) is 0.833. The number of ether oxygens (including phenoxy) is 1. The molecule has 188 valence electrons. The molecule has 0 aromatic carbocycles. The summed E-state index contributed by atoms with van der Waals surface area (Å²) in [5, 5.41) is 0. The average Bonchev–Trinajstić information content (AvgIpc) is 2.85. The van der Waals surface area contributed by atoms with E-state index >= 15 is 0 Å². The highest BCUT2D eigenvalue weighted by Crippen LogP contribution is 2.24. The van der Waals surface area contributed by atoms with Crippen LogP contribution in [0.25, 0.3) is 0 Å². The lowest BCUT2D eigenvalue weighted by atomic mass is 10.00. The van der Waals surface area contributed by atoms with E-state index in [0.29, 0.717) is 0 Å². The molecule has 0 atom stereocenters. The van der Waals surface area contributed by atoms with Crippen molar-refractivity contribution < 1.29 is 4.74 Å². The fraction of sp³-hybridized carbons (Fsp3) is 0.857. The van der Waals surface area contributed by atoms with Gasteiger partial charge in [-0.2, -0.15) is 0 Å². The fourth-order valence-corrected chi connectivity index (χ4v) is 5.11. The average molecular weight is 459 g/mol. The minimum Gasteiger partial charge on any atom is -0.475 e. The molecule has 1 aliphatic carbocycles. The number of fused-ring (bicyclic) bond motifs is 1. The van der Waals surface area contributed by atoms with Crippen molar-refractivity contribution in [2.24, 2.45) is 0 Å². The van der Waals surface area contributed by atoms with Gasteiger partial charge in [-0.15, -0.1) is 0 Å². The van der Waals surface area contributed by atoms with E-state index in [1.165, 1.54) is 108 Å². The number of hydrogen-bond acceptors (Lipinski definition) is 5. The Labute approximate surface area is 203 Å². The summed E-state index contributed by atoms with van der Waals surface area (Å²) < 4.78 is 6.29. The Morgan fingerprint density at radius 3 is 1.91 bits per heavy atom. The predicted molar refractivity (Wildman–Crippen MR) is 138 cm³/mol. The SMILES string of the molecule is CCCCCCCCCCc1nc2c(nc1OCCN1CCN(CCCC)CC1)CCCC2. The van der Waals surface area contributed by atoms with Gasteiger partial charge in [0.05, 0.1) is 11.4 Å². The maximum atomic E-state index is 6.29. The molecule has 0 bridgehead atoms. The van der Waals surface area contributed by atoms with Gasteiger partial charge in [0.1, 0.15) is 12.3 Å². The van der Waals surface area contributed by atoms with E-state index in [-0.39, 0.29) is 0 Å². The topological polar surface area (TPSA) is 41.5 Å². The minimum absolute atomic E-state index is 0.729. The van der Waals surface area contributed by atoms with Crippen LogP contribution in [0.4, 0.5) is 0 Å². The first-order valence-corrected chi connectivity index (χ1v) is 14.3. The van der Waals surface area contributed by atoms with E-state index in [1.54, 1.807) is 0 Å². The molecule has 0 radical (unpaired) electrons. The van der Waals surface area contributed by atoms with Crippen LogP contribution in [0.2, 0.25) is 0 Å². The highest BCUT2D eigenvalue weighted by atomic mass is 16.5. The lowest BCUT2D eigenvalue weighted by Crippen LogP contribution is -2.47. The Morgan fingerprint density at radius 2 is 1.24 bits per heavy atom. The highest BCUT2D eigenvalue weighted by Gasteiger charge is 2.19. The number of aromatic nitrogens is 2. The molecule has 0 N–H and O–H groups in total. The Hall–Kier alpha value is -1.20. The quantitative estimate of drug-likeness (QED) is 0.291. The molecule has 1 aliphatic heterocycles. The number of rotatable bonds is 16. The second kappa shape index (κ2) is 15.7. The smallest absolute Gasteiger partial charge is 0.235 e. The van der Waals surface area contributed by atoms with Crippen LogP contribution >= 0.6 is 0 Å². The van der Waals surface area contributed by atoms with Crippen LogP contribution in [-0.4, -0.2) is 65.6 Å². The van der Waals surface area contributed by atoms with E-state index in [0.717, 1.165) is 57.1 Å². The maximum absolute atomic E-state index is 6.29. The summed E-state index contributed by atoms with van der Waals surface area (Å²) >= 11 is 0. The first kappa shape index (κ1) is 26.4. The van der Waals surface area contributed by atoms with Crippen molar-refractivity contribution in [3.63, 3.8) is 0 Å². The molecule has 1 fully saturated rings. The first-order chi connectivity index (χ1) is 16.3. The van der Waals surface area contributed by atoms with Gasteiger partial charge in [0.25, 0.3) is 0 Å². The van der Waals surface area contributed by atoms with Crippen molar-refractivity contribution in [1.82, 2.24) is 19.8 Å². The van der Waals surface area contributed by atoms with E-state index in [9.17, 15) is 0 Å². The molecule has 2 aliphatic rings. The third-order valence-corrected chi connectivity index (χ3v) is 7.37. The van der Waals surface area contributed by atoms with Crippen LogP contribution in [0.3, 0.4) is 0 Å². The third kappa shape index (κ3) is 9.52. The predicted octanol–water partition coefficient (Wildman–Crippen LogP) is 5.84. The van der Waals surface area contributed by atoms with E-state index in [1.807, 2.05) is 0 Å². The molecule has 0 spiro atoms. The second-order valence-electron chi connectivity index (χ2n) is 10.2. The van der Waals surface area contributed by atoms with Gasteiger partial charge >= 0.3 is 0 Å². The molecule has 0 saturated carbocycles. The van der Waals surface area contributed by atoms with Crippen LogP contribution in [0, 0.1) is 0 Å². The summed E-state index contributed by atoms with van der Waals surface area (Å²) in [5.41, 5.74) is 3.55. The molecular formula is C28H50N4O. The molecule has 5 heteroatoms. The number of aryl methyl sites for hydroxylation is 3. The van der Waals surface area contributed by atoms with Crippen molar-refractivity contribution in [3.05, 3.63) is 17.1 Å². The molecule has 1 aromatic heterocycles. The van der Waals surface area contributed by atoms with Gasteiger partial charge in [-0.05, 0) is 51.5 Å². The lowest BCUT2D eigenvalue weighted by molar-refractivity contribution is 0.114. The van der Waals surface area contributed by atoms with Crippen molar-refractivity contribution in [3.8, 4) is 5.88 Å². The Kier molecular flexibility index (Phi) is 12.5. The minimum atomic E-state index is 0.729. The fourth-order valence-electron chi connectivity index (χ4n) is 5.11. The Balaban J connectivity index is 1.43. The van der Waals surface area contributed by atoms with Gasteiger partial charge in [-0.3, -0.25) is 9.88 Å². The Bertz CT molecular complexity index is 658. The monoisotopic (exact) mass is 458 g/mol. The second-order valence-corrected chi connectivity index (χ2v) is 10.2. The molecule has 2 heterocycles. The molecular weight excluding hydrogens is 408 g/mol. The molecule has 33 heavy (non-hydrogen) atoms. The summed E-state index contributed by atoms with van der Waals surface area (Å²) in [4.78, 5) is 15.2. The van der Waals surface area contributed by atoms with Gasteiger partial charge in [0.15, 0.2) is 0 Å². The lowest BCUT2D eigenvalue weighted by Gasteiger charge is -2.34. The van der Waals surface area contributed by atoms with Gasteiger partial charge in [0, 0.05) is 32.7 Å². The number of nitrogens with zero attached hydrogens (tertiary/aromatic N) is 4. The van der Waals surface area contributed by atoms with Crippen LogP contribution < -0.4 is 4.74 Å². The van der Waals surface area contributed by atoms with Crippen molar-refractivity contribution in [2.75, 3.05) is 45.9 Å². The Morgan fingerprint density at radius 1 is 0.667 bits per heavy atom. The molecule has 0 unspecified atom stereocenters. The van der Waals surface area contributed by atoms with Crippen LogP contribution in [-0.2, 0) is 19.3 Å². The zero-order valence-corrected chi connectivity index (χ0v) is 21.8. The maximum Gasteiger partial charge on any atom is 0.235 e. The van der Waals surface area contributed by atoms with Gasteiger partial charge in [-0.25, -0.2) is 4.98 Å². The summed E-state index contributed by atoms with van der Waals surface area (Å²) in [6, 6.07) is 0. The van der Waals surface area contributed by atoms with Gasteiger partial charge in [0.2, 0.25) is 5.88 Å². The number of unbranched alkanes of at least 4 members (excludes halogenated alkanes) is 8. The van der Waals surface area contributed by atoms with Crippen molar-refractivity contribution >= 4 is 0 Å².